The summed E-state index contributed by atoms with van der Waals surface area (Å²) in [4.78, 5) is 0. The van der Waals surface area contributed by atoms with Crippen LogP contribution in [0.1, 0.15) is 22.3 Å². The Hall–Kier alpha value is -5.84. The van der Waals surface area contributed by atoms with E-state index >= 15 is 0 Å². The number of hydrogen-bond acceptors (Lipinski definition) is 2. The molecule has 0 radical (unpaired) electrons. The van der Waals surface area contributed by atoms with Crippen molar-refractivity contribution >= 4 is 21.8 Å². The third-order valence-corrected chi connectivity index (χ3v) is 7.93. The van der Waals surface area contributed by atoms with Gasteiger partial charge in [-0.2, -0.15) is 10.5 Å². The fraction of sp³-hybridized carbons (Fsp3) is 0.0526. The summed E-state index contributed by atoms with van der Waals surface area (Å²) in [5, 5.41) is 21.0. The first-order valence-electron chi connectivity index (χ1n) is 13.9. The molecule has 0 saturated heterocycles. The molecular formula is C38H26N4. The Morgan fingerprint density at radius 2 is 0.810 bits per heavy atom. The second-order valence-corrected chi connectivity index (χ2v) is 10.7. The van der Waals surface area contributed by atoms with E-state index in [1.807, 2.05) is 48.5 Å². The molecule has 0 aliphatic heterocycles. The normalized spacial score (nSPS) is 11.0. The molecule has 5 aromatic carbocycles. The highest BCUT2D eigenvalue weighted by Gasteiger charge is 2.18. The van der Waals surface area contributed by atoms with Crippen molar-refractivity contribution in [3.63, 3.8) is 0 Å². The molecule has 2 aromatic heterocycles. The Morgan fingerprint density at radius 3 is 1.14 bits per heavy atom. The number of aryl methyl sites for hydroxylation is 2. The summed E-state index contributed by atoms with van der Waals surface area (Å²) in [7, 11) is 0. The Kier molecular flexibility index (Phi) is 5.97. The number of nitriles is 2. The van der Waals surface area contributed by atoms with Crippen LogP contribution in [0.4, 0.5) is 0 Å². The predicted octanol–water partition coefficient (Wildman–Crippen LogP) is 9.27. The van der Waals surface area contributed by atoms with Crippen LogP contribution in [0.2, 0.25) is 0 Å². The van der Waals surface area contributed by atoms with Gasteiger partial charge in [-0.25, -0.2) is 0 Å². The van der Waals surface area contributed by atoms with Gasteiger partial charge < -0.3 is 9.13 Å². The van der Waals surface area contributed by atoms with E-state index < -0.39 is 0 Å². The molecule has 0 aliphatic rings. The molecule has 0 spiro atoms. The molecule has 0 saturated carbocycles. The van der Waals surface area contributed by atoms with Crippen LogP contribution in [0.5, 0.6) is 0 Å². The Balaban J connectivity index is 1.53. The maximum Gasteiger partial charge on any atom is 0.0991 e. The molecule has 7 aromatic rings. The third kappa shape index (κ3) is 4.24. The van der Waals surface area contributed by atoms with Crippen molar-refractivity contribution in [2.45, 2.75) is 13.8 Å². The van der Waals surface area contributed by atoms with Gasteiger partial charge in [0.1, 0.15) is 0 Å². The number of nitrogens with zero attached hydrogens (tertiary/aromatic N) is 4. The van der Waals surface area contributed by atoms with E-state index in [-0.39, 0.29) is 0 Å². The lowest BCUT2D eigenvalue weighted by Crippen LogP contribution is -1.98. The first-order valence-corrected chi connectivity index (χ1v) is 13.9. The average Bonchev–Trinajstić information content (AvgIpc) is 3.58. The minimum atomic E-state index is 0.636. The average molecular weight is 539 g/mol. The SMILES string of the molecule is Cc1ccc(-c2cc3cc4c(cc(-c5ccc(C)cc5)n4-c4ccc(C#N)cc4)cc3n2-c2ccc(C#N)cc2)cc1. The fourth-order valence-corrected chi connectivity index (χ4v) is 5.71. The van der Waals surface area contributed by atoms with Crippen LogP contribution in [0.15, 0.2) is 121 Å². The highest BCUT2D eigenvalue weighted by Crippen LogP contribution is 2.38. The monoisotopic (exact) mass is 538 g/mol. The van der Waals surface area contributed by atoms with Crippen molar-refractivity contribution in [1.29, 1.82) is 10.5 Å². The third-order valence-electron chi connectivity index (χ3n) is 7.93. The standard InChI is InChI=1S/C38H26N4/c1-25-3-11-29(12-4-25)35-19-31-21-38-32(22-37(31)41(35)33-15-7-27(23-39)8-16-33)20-36(30-13-5-26(2)6-14-30)42(38)34-17-9-28(24-40)10-18-34/h3-22H,1-2H3. The number of rotatable bonds is 4. The minimum Gasteiger partial charge on any atom is -0.309 e. The van der Waals surface area contributed by atoms with Crippen molar-refractivity contribution in [2.75, 3.05) is 0 Å². The maximum atomic E-state index is 9.39. The van der Waals surface area contributed by atoms with Crippen LogP contribution in [0.25, 0.3) is 55.7 Å². The summed E-state index contributed by atoms with van der Waals surface area (Å²) in [6.45, 7) is 4.19. The van der Waals surface area contributed by atoms with Gasteiger partial charge in [-0.15, -0.1) is 0 Å². The van der Waals surface area contributed by atoms with Crippen molar-refractivity contribution in [3.05, 3.63) is 144 Å². The minimum absolute atomic E-state index is 0.636. The second kappa shape index (κ2) is 9.97. The van der Waals surface area contributed by atoms with E-state index in [1.165, 1.54) is 11.1 Å². The molecule has 7 rings (SSSR count). The predicted molar refractivity (Wildman–Crippen MR) is 170 cm³/mol. The van der Waals surface area contributed by atoms with Gasteiger partial charge in [0.05, 0.1) is 45.7 Å². The zero-order valence-corrected chi connectivity index (χ0v) is 23.3. The van der Waals surface area contributed by atoms with Crippen LogP contribution in [-0.2, 0) is 0 Å². The summed E-state index contributed by atoms with van der Waals surface area (Å²) < 4.78 is 4.57. The zero-order valence-electron chi connectivity index (χ0n) is 23.3. The molecule has 2 heterocycles. The molecule has 0 bridgehead atoms. The van der Waals surface area contributed by atoms with Gasteiger partial charge in [-0.1, -0.05) is 59.7 Å². The lowest BCUT2D eigenvalue weighted by atomic mass is 10.1. The molecule has 0 amide bonds. The lowest BCUT2D eigenvalue weighted by molar-refractivity contribution is 1.13. The van der Waals surface area contributed by atoms with Gasteiger partial charge in [0.25, 0.3) is 0 Å². The van der Waals surface area contributed by atoms with Crippen LogP contribution in [0, 0.1) is 36.5 Å². The van der Waals surface area contributed by atoms with Crippen molar-refractivity contribution in [1.82, 2.24) is 9.13 Å². The first-order chi connectivity index (χ1) is 20.5. The van der Waals surface area contributed by atoms with Gasteiger partial charge in [0, 0.05) is 22.1 Å². The van der Waals surface area contributed by atoms with E-state index in [2.05, 4.69) is 108 Å². The van der Waals surface area contributed by atoms with E-state index in [0.717, 1.165) is 55.7 Å². The molecule has 4 heteroatoms. The van der Waals surface area contributed by atoms with Gasteiger partial charge in [0.15, 0.2) is 0 Å². The number of benzene rings is 5. The topological polar surface area (TPSA) is 57.4 Å². The molecule has 42 heavy (non-hydrogen) atoms. The quantitative estimate of drug-likeness (QED) is 0.224. The second-order valence-electron chi connectivity index (χ2n) is 10.7. The van der Waals surface area contributed by atoms with E-state index in [0.29, 0.717) is 11.1 Å². The largest absolute Gasteiger partial charge is 0.309 e. The van der Waals surface area contributed by atoms with E-state index in [4.69, 9.17) is 0 Å². The number of fused-ring (bicyclic) bond motifs is 2. The lowest BCUT2D eigenvalue weighted by Gasteiger charge is -2.13. The van der Waals surface area contributed by atoms with Crippen molar-refractivity contribution in [2.24, 2.45) is 0 Å². The van der Waals surface area contributed by atoms with Crippen molar-refractivity contribution < 1.29 is 0 Å². The summed E-state index contributed by atoms with van der Waals surface area (Å²) in [6.07, 6.45) is 0. The summed E-state index contributed by atoms with van der Waals surface area (Å²) in [6, 6.07) is 46.2. The fourth-order valence-electron chi connectivity index (χ4n) is 5.71. The molecule has 0 unspecified atom stereocenters. The Labute approximate surface area is 244 Å². The molecule has 0 fully saturated rings. The Morgan fingerprint density at radius 1 is 0.452 bits per heavy atom. The highest BCUT2D eigenvalue weighted by molar-refractivity contribution is 6.02. The Bertz CT molecular complexity index is 2020. The molecule has 4 nitrogen and oxygen atoms in total. The van der Waals surface area contributed by atoms with Crippen LogP contribution < -0.4 is 0 Å². The first kappa shape index (κ1) is 25.1. The maximum absolute atomic E-state index is 9.39. The van der Waals surface area contributed by atoms with E-state index in [9.17, 15) is 10.5 Å². The van der Waals surface area contributed by atoms with Crippen LogP contribution in [0.3, 0.4) is 0 Å². The number of hydrogen-bond donors (Lipinski definition) is 0. The smallest absolute Gasteiger partial charge is 0.0991 e. The van der Waals surface area contributed by atoms with Crippen LogP contribution >= 0.6 is 0 Å². The van der Waals surface area contributed by atoms with Gasteiger partial charge in [0.2, 0.25) is 0 Å². The summed E-state index contributed by atoms with van der Waals surface area (Å²) in [5.41, 5.74) is 12.3. The summed E-state index contributed by atoms with van der Waals surface area (Å²) >= 11 is 0. The molecule has 0 aliphatic carbocycles. The van der Waals surface area contributed by atoms with Gasteiger partial charge in [-0.05, 0) is 97.8 Å². The van der Waals surface area contributed by atoms with E-state index in [1.54, 1.807) is 0 Å². The molecular weight excluding hydrogens is 512 g/mol. The molecule has 198 valence electrons. The van der Waals surface area contributed by atoms with Crippen LogP contribution in [-0.4, -0.2) is 9.13 Å². The molecule has 0 N–H and O–H groups in total. The van der Waals surface area contributed by atoms with Crippen molar-refractivity contribution in [3.8, 4) is 46.0 Å². The molecule has 0 atom stereocenters. The zero-order chi connectivity index (χ0) is 28.8. The van der Waals surface area contributed by atoms with Gasteiger partial charge in [-0.3, -0.25) is 0 Å². The number of aromatic nitrogens is 2. The summed E-state index contributed by atoms with van der Waals surface area (Å²) in [5.74, 6) is 0. The highest BCUT2D eigenvalue weighted by atomic mass is 15.0. The van der Waals surface area contributed by atoms with Gasteiger partial charge >= 0.3 is 0 Å².